The van der Waals surface area contributed by atoms with Crippen LogP contribution in [0.5, 0.6) is 5.75 Å². The summed E-state index contributed by atoms with van der Waals surface area (Å²) in [5, 5.41) is 0.338. The number of ether oxygens (including phenoxy) is 1. The number of hydrogen-bond acceptors (Lipinski definition) is 3. The first kappa shape index (κ1) is 11.6. The highest BCUT2D eigenvalue weighted by atomic mass is 35.7. The van der Waals surface area contributed by atoms with E-state index in [-0.39, 0.29) is 10.6 Å². The molecule has 0 heterocycles. The summed E-state index contributed by atoms with van der Waals surface area (Å²) in [5.41, 5.74) is 0.390. The van der Waals surface area contributed by atoms with Crippen LogP contribution in [-0.2, 0) is 9.05 Å². The third kappa shape index (κ3) is 2.13. The monoisotopic (exact) mass is 254 g/mol. The number of methoxy groups -OCH3 is 1. The molecule has 0 bridgehead atoms. The van der Waals surface area contributed by atoms with E-state index in [2.05, 4.69) is 0 Å². The van der Waals surface area contributed by atoms with Crippen molar-refractivity contribution in [3.05, 3.63) is 22.7 Å². The van der Waals surface area contributed by atoms with E-state index >= 15 is 0 Å². The van der Waals surface area contributed by atoms with Gasteiger partial charge in [0.25, 0.3) is 9.05 Å². The van der Waals surface area contributed by atoms with Crippen LogP contribution in [0.4, 0.5) is 0 Å². The minimum absolute atomic E-state index is 0.0748. The topological polar surface area (TPSA) is 43.4 Å². The Morgan fingerprint density at radius 3 is 2.36 bits per heavy atom. The van der Waals surface area contributed by atoms with Crippen LogP contribution in [0, 0.1) is 6.92 Å². The molecule has 0 spiro atoms. The molecule has 0 unspecified atom stereocenters. The van der Waals surface area contributed by atoms with Crippen molar-refractivity contribution in [1.29, 1.82) is 0 Å². The van der Waals surface area contributed by atoms with Gasteiger partial charge in [-0.1, -0.05) is 11.6 Å². The fraction of sp³-hybridized carbons (Fsp3) is 0.250. The van der Waals surface area contributed by atoms with E-state index < -0.39 is 9.05 Å². The van der Waals surface area contributed by atoms with Crippen molar-refractivity contribution in [1.82, 2.24) is 0 Å². The lowest BCUT2D eigenvalue weighted by Gasteiger charge is -2.09. The highest BCUT2D eigenvalue weighted by Gasteiger charge is 2.21. The molecular weight excluding hydrogens is 247 g/mol. The van der Waals surface area contributed by atoms with Gasteiger partial charge in [-0.15, -0.1) is 0 Å². The van der Waals surface area contributed by atoms with Crippen molar-refractivity contribution in [2.75, 3.05) is 7.11 Å². The van der Waals surface area contributed by atoms with Crippen molar-refractivity contribution in [3.8, 4) is 5.75 Å². The average molecular weight is 255 g/mol. The van der Waals surface area contributed by atoms with Crippen LogP contribution in [0.25, 0.3) is 0 Å². The van der Waals surface area contributed by atoms with Gasteiger partial charge in [0.2, 0.25) is 0 Å². The van der Waals surface area contributed by atoms with Crippen molar-refractivity contribution in [3.63, 3.8) is 0 Å². The van der Waals surface area contributed by atoms with Gasteiger partial charge >= 0.3 is 0 Å². The molecule has 78 valence electrons. The van der Waals surface area contributed by atoms with Gasteiger partial charge in [0.15, 0.2) is 0 Å². The largest absolute Gasteiger partial charge is 0.495 e. The molecule has 0 aromatic heterocycles. The Bertz CT molecular complexity index is 454. The van der Waals surface area contributed by atoms with Crippen LogP contribution in [-0.4, -0.2) is 15.5 Å². The maximum absolute atomic E-state index is 11.2. The van der Waals surface area contributed by atoms with Gasteiger partial charge in [0.05, 0.1) is 7.11 Å². The van der Waals surface area contributed by atoms with Crippen LogP contribution < -0.4 is 4.74 Å². The summed E-state index contributed by atoms with van der Waals surface area (Å²) < 4.78 is 27.3. The normalized spacial score (nSPS) is 11.4. The van der Waals surface area contributed by atoms with Crippen LogP contribution in [0.3, 0.4) is 0 Å². The minimum Gasteiger partial charge on any atom is -0.495 e. The van der Waals surface area contributed by atoms with Gasteiger partial charge in [0, 0.05) is 15.7 Å². The summed E-state index contributed by atoms with van der Waals surface area (Å²) in [6, 6.07) is 3.02. The first-order valence-corrected chi connectivity index (χ1v) is 6.34. The molecule has 0 radical (unpaired) electrons. The lowest BCUT2D eigenvalue weighted by atomic mass is 10.2. The van der Waals surface area contributed by atoms with E-state index in [0.717, 1.165) is 0 Å². The molecule has 3 nitrogen and oxygen atoms in total. The van der Waals surface area contributed by atoms with Crippen LogP contribution in [0.15, 0.2) is 17.0 Å². The van der Waals surface area contributed by atoms with Gasteiger partial charge in [-0.3, -0.25) is 0 Å². The van der Waals surface area contributed by atoms with Crippen LogP contribution >= 0.6 is 22.3 Å². The Hall–Kier alpha value is -0.450. The minimum atomic E-state index is -3.84. The summed E-state index contributed by atoms with van der Waals surface area (Å²) in [5.74, 6) is 0.196. The highest BCUT2D eigenvalue weighted by Crippen LogP contribution is 2.33. The molecule has 0 saturated carbocycles. The maximum atomic E-state index is 11.2. The summed E-state index contributed by atoms with van der Waals surface area (Å²) in [6.07, 6.45) is 0. The van der Waals surface area contributed by atoms with Crippen molar-refractivity contribution in [2.45, 2.75) is 11.8 Å². The molecule has 0 N–H and O–H groups in total. The zero-order valence-corrected chi connectivity index (χ0v) is 9.87. The van der Waals surface area contributed by atoms with E-state index in [4.69, 9.17) is 27.0 Å². The number of benzene rings is 1. The summed E-state index contributed by atoms with van der Waals surface area (Å²) in [7, 11) is 2.79. The Balaban J connectivity index is 3.60. The third-order valence-electron chi connectivity index (χ3n) is 1.77. The SMILES string of the molecule is COc1ccc(Cl)c(C)c1S(=O)(=O)Cl. The molecule has 14 heavy (non-hydrogen) atoms. The van der Waals surface area contributed by atoms with Crippen molar-refractivity contribution in [2.24, 2.45) is 0 Å². The number of halogens is 2. The van der Waals surface area contributed by atoms with Crippen LogP contribution in [0.2, 0.25) is 5.02 Å². The van der Waals surface area contributed by atoms with Gasteiger partial charge < -0.3 is 4.74 Å². The van der Waals surface area contributed by atoms with E-state index in [1.807, 2.05) is 0 Å². The second-order valence-electron chi connectivity index (χ2n) is 2.64. The standard InChI is InChI=1S/C8H8Cl2O3S/c1-5-6(9)3-4-7(13-2)8(5)14(10,11)12/h3-4H,1-2H3. The lowest BCUT2D eigenvalue weighted by Crippen LogP contribution is -1.99. The Labute approximate surface area is 92.0 Å². The second-order valence-corrected chi connectivity index (χ2v) is 5.55. The van der Waals surface area contributed by atoms with Crippen molar-refractivity contribution >= 4 is 31.3 Å². The maximum Gasteiger partial charge on any atom is 0.265 e. The van der Waals surface area contributed by atoms with Gasteiger partial charge in [-0.25, -0.2) is 8.42 Å². The number of hydrogen-bond donors (Lipinski definition) is 0. The molecule has 0 aliphatic carbocycles. The Morgan fingerprint density at radius 1 is 1.36 bits per heavy atom. The summed E-state index contributed by atoms with van der Waals surface area (Å²) in [6.45, 7) is 1.57. The second kappa shape index (κ2) is 3.96. The average Bonchev–Trinajstić information content (AvgIpc) is 2.07. The van der Waals surface area contributed by atoms with Gasteiger partial charge in [0.1, 0.15) is 10.6 Å². The first-order valence-electron chi connectivity index (χ1n) is 3.65. The van der Waals surface area contributed by atoms with Gasteiger partial charge in [-0.2, -0.15) is 0 Å². The fourth-order valence-electron chi connectivity index (χ4n) is 1.11. The molecule has 0 amide bonds. The predicted octanol–water partition coefficient (Wildman–Crippen LogP) is 2.58. The quantitative estimate of drug-likeness (QED) is 0.763. The molecule has 0 aliphatic heterocycles. The lowest BCUT2D eigenvalue weighted by molar-refractivity contribution is 0.402. The summed E-state index contributed by atoms with van der Waals surface area (Å²) in [4.78, 5) is -0.0748. The zero-order valence-electron chi connectivity index (χ0n) is 7.54. The molecule has 0 saturated heterocycles. The van der Waals surface area contributed by atoms with Crippen molar-refractivity contribution < 1.29 is 13.2 Å². The highest BCUT2D eigenvalue weighted by molar-refractivity contribution is 8.13. The zero-order chi connectivity index (χ0) is 10.9. The van der Waals surface area contributed by atoms with E-state index in [1.165, 1.54) is 13.2 Å². The number of rotatable bonds is 2. The van der Waals surface area contributed by atoms with E-state index in [9.17, 15) is 8.42 Å². The molecular formula is C8H8Cl2O3S. The predicted molar refractivity (Wildman–Crippen MR) is 55.8 cm³/mol. The molecule has 1 aromatic rings. The molecule has 6 heteroatoms. The summed E-state index contributed by atoms with van der Waals surface area (Å²) >= 11 is 5.77. The van der Waals surface area contributed by atoms with E-state index in [0.29, 0.717) is 10.6 Å². The molecule has 1 rings (SSSR count). The molecule has 0 fully saturated rings. The Morgan fingerprint density at radius 2 is 1.93 bits per heavy atom. The molecule has 0 aliphatic rings. The fourth-order valence-corrected chi connectivity index (χ4v) is 2.76. The van der Waals surface area contributed by atoms with E-state index in [1.54, 1.807) is 13.0 Å². The van der Waals surface area contributed by atoms with Gasteiger partial charge in [-0.05, 0) is 24.6 Å². The smallest absolute Gasteiger partial charge is 0.265 e. The Kier molecular flexibility index (Phi) is 3.29. The first-order chi connectivity index (χ1) is 6.38. The molecule has 0 atom stereocenters. The molecule has 1 aromatic carbocycles. The van der Waals surface area contributed by atoms with Crippen LogP contribution in [0.1, 0.15) is 5.56 Å². The third-order valence-corrected chi connectivity index (χ3v) is 3.63.